The molecule has 45 heavy (non-hydrogen) atoms. The summed E-state index contributed by atoms with van der Waals surface area (Å²) in [4.78, 5) is 29.8. The van der Waals surface area contributed by atoms with Gasteiger partial charge in [0.15, 0.2) is 0 Å². The lowest BCUT2D eigenvalue weighted by molar-refractivity contribution is -0.140. The number of sulfonamides is 1. The predicted octanol–water partition coefficient (Wildman–Crippen LogP) is 6.91. The molecule has 0 aliphatic rings. The van der Waals surface area contributed by atoms with Gasteiger partial charge in [-0.1, -0.05) is 110 Å². The second-order valence-electron chi connectivity index (χ2n) is 11.2. The number of carbonyl (C=O) groups is 2. The molecule has 4 aromatic carbocycles. The van der Waals surface area contributed by atoms with Crippen molar-refractivity contribution in [2.24, 2.45) is 5.92 Å². The molecule has 4 aromatic rings. The molecule has 1 atom stereocenters. The SMILES string of the molecule is Cc1ccc(N(CC(=O)N(Cc2ccccc2Cl)[C@H](Cc2ccccc2)C(=O)NCC(C)C)S(=O)(=O)c2ccccc2)cc1Cl. The second kappa shape index (κ2) is 15.4. The van der Waals surface area contributed by atoms with Crippen LogP contribution in [0, 0.1) is 12.8 Å². The van der Waals surface area contributed by atoms with Crippen molar-refractivity contribution in [2.45, 2.75) is 44.7 Å². The minimum absolute atomic E-state index is 0.0149. The van der Waals surface area contributed by atoms with Gasteiger partial charge in [-0.3, -0.25) is 13.9 Å². The number of nitrogens with zero attached hydrogens (tertiary/aromatic N) is 2. The number of carbonyl (C=O) groups excluding carboxylic acids is 2. The highest BCUT2D eigenvalue weighted by Gasteiger charge is 2.35. The lowest BCUT2D eigenvalue weighted by atomic mass is 10.0. The fourth-order valence-electron chi connectivity index (χ4n) is 4.77. The highest BCUT2D eigenvalue weighted by molar-refractivity contribution is 7.92. The van der Waals surface area contributed by atoms with E-state index in [-0.39, 0.29) is 35.4 Å². The van der Waals surface area contributed by atoms with Gasteiger partial charge in [-0.15, -0.1) is 0 Å². The first kappa shape index (κ1) is 34.0. The quantitative estimate of drug-likeness (QED) is 0.168. The molecule has 0 aliphatic carbocycles. The first-order chi connectivity index (χ1) is 21.5. The normalized spacial score (nSPS) is 12.0. The van der Waals surface area contributed by atoms with E-state index in [1.807, 2.05) is 51.1 Å². The van der Waals surface area contributed by atoms with Gasteiger partial charge >= 0.3 is 0 Å². The Morgan fingerprint density at radius 1 is 0.822 bits per heavy atom. The number of anilines is 1. The van der Waals surface area contributed by atoms with Crippen molar-refractivity contribution in [3.05, 3.63) is 130 Å². The molecule has 2 amide bonds. The first-order valence-corrected chi connectivity index (χ1v) is 16.9. The summed E-state index contributed by atoms with van der Waals surface area (Å²) < 4.78 is 29.2. The van der Waals surface area contributed by atoms with Gasteiger partial charge in [0, 0.05) is 29.6 Å². The number of rotatable bonds is 13. The van der Waals surface area contributed by atoms with Crippen LogP contribution in [0.5, 0.6) is 0 Å². The predicted molar refractivity (Wildman–Crippen MR) is 181 cm³/mol. The van der Waals surface area contributed by atoms with Gasteiger partial charge in [0.1, 0.15) is 12.6 Å². The van der Waals surface area contributed by atoms with Crippen LogP contribution in [0.15, 0.2) is 108 Å². The Morgan fingerprint density at radius 2 is 1.44 bits per heavy atom. The maximum Gasteiger partial charge on any atom is 0.264 e. The van der Waals surface area contributed by atoms with Crippen molar-refractivity contribution >= 4 is 50.7 Å². The van der Waals surface area contributed by atoms with E-state index >= 15 is 0 Å². The third-order valence-electron chi connectivity index (χ3n) is 7.31. The van der Waals surface area contributed by atoms with Crippen LogP contribution in [0.25, 0.3) is 0 Å². The number of hydrogen-bond acceptors (Lipinski definition) is 4. The summed E-state index contributed by atoms with van der Waals surface area (Å²) in [6, 6.07) is 28.3. The minimum atomic E-state index is -4.22. The van der Waals surface area contributed by atoms with Crippen LogP contribution in [-0.2, 0) is 32.6 Å². The summed E-state index contributed by atoms with van der Waals surface area (Å²) >= 11 is 13.0. The highest BCUT2D eigenvalue weighted by atomic mass is 35.5. The molecule has 0 radical (unpaired) electrons. The summed E-state index contributed by atoms with van der Waals surface area (Å²) in [7, 11) is -4.22. The van der Waals surface area contributed by atoms with Crippen molar-refractivity contribution in [1.82, 2.24) is 10.2 Å². The van der Waals surface area contributed by atoms with Gasteiger partial charge in [-0.2, -0.15) is 0 Å². The van der Waals surface area contributed by atoms with Crippen LogP contribution in [0.2, 0.25) is 10.0 Å². The zero-order chi connectivity index (χ0) is 32.6. The highest BCUT2D eigenvalue weighted by Crippen LogP contribution is 2.29. The Hall–Kier alpha value is -3.85. The minimum Gasteiger partial charge on any atom is -0.354 e. The fraction of sp³-hybridized carbons (Fsp3) is 0.257. The van der Waals surface area contributed by atoms with E-state index < -0.39 is 28.5 Å². The van der Waals surface area contributed by atoms with E-state index in [9.17, 15) is 18.0 Å². The molecular weight excluding hydrogens is 629 g/mol. The molecule has 0 saturated carbocycles. The standard InChI is InChI=1S/C35H37Cl2N3O4S/c1-25(2)22-38-35(42)33(20-27-12-6-4-7-13-27)39(23-28-14-10-11-17-31(28)36)34(41)24-40(29-19-18-26(3)32(37)21-29)45(43,44)30-15-8-5-9-16-30/h4-19,21,25,33H,20,22-24H2,1-3H3,(H,38,42)/t33-/m1/s1. The summed E-state index contributed by atoms with van der Waals surface area (Å²) in [6.45, 7) is 5.59. The lowest BCUT2D eigenvalue weighted by Crippen LogP contribution is -2.53. The Morgan fingerprint density at radius 3 is 2.07 bits per heavy atom. The average Bonchev–Trinajstić information content (AvgIpc) is 3.03. The topological polar surface area (TPSA) is 86.8 Å². The monoisotopic (exact) mass is 665 g/mol. The van der Waals surface area contributed by atoms with Crippen molar-refractivity contribution < 1.29 is 18.0 Å². The Balaban J connectivity index is 1.82. The van der Waals surface area contributed by atoms with E-state index in [1.165, 1.54) is 23.1 Å². The van der Waals surface area contributed by atoms with Crippen LogP contribution in [-0.4, -0.2) is 44.3 Å². The zero-order valence-corrected chi connectivity index (χ0v) is 27.8. The lowest BCUT2D eigenvalue weighted by Gasteiger charge is -2.34. The molecule has 0 heterocycles. The number of aryl methyl sites for hydroxylation is 1. The van der Waals surface area contributed by atoms with Gasteiger partial charge in [0.05, 0.1) is 10.6 Å². The van der Waals surface area contributed by atoms with Gasteiger partial charge in [0.25, 0.3) is 10.0 Å². The summed E-state index contributed by atoms with van der Waals surface area (Å²) in [6.07, 6.45) is 0.211. The molecule has 0 aromatic heterocycles. The van der Waals surface area contributed by atoms with Crippen LogP contribution in [0.3, 0.4) is 0 Å². The molecule has 0 spiro atoms. The number of benzene rings is 4. The number of amides is 2. The maximum absolute atomic E-state index is 14.5. The molecule has 7 nitrogen and oxygen atoms in total. The number of halogens is 2. The second-order valence-corrected chi connectivity index (χ2v) is 13.9. The molecule has 0 fully saturated rings. The van der Waals surface area contributed by atoms with E-state index in [4.69, 9.17) is 23.2 Å². The summed E-state index contributed by atoms with van der Waals surface area (Å²) in [5, 5.41) is 3.76. The van der Waals surface area contributed by atoms with Crippen LogP contribution < -0.4 is 9.62 Å². The first-order valence-electron chi connectivity index (χ1n) is 14.7. The number of hydrogen-bond donors (Lipinski definition) is 1. The van der Waals surface area contributed by atoms with Gasteiger partial charge in [-0.05, 0) is 59.9 Å². The molecule has 0 aliphatic heterocycles. The van der Waals surface area contributed by atoms with E-state index in [0.717, 1.165) is 15.4 Å². The molecular formula is C35H37Cl2N3O4S. The largest absolute Gasteiger partial charge is 0.354 e. The summed E-state index contributed by atoms with van der Waals surface area (Å²) in [5.41, 5.74) is 2.45. The molecule has 0 bridgehead atoms. The van der Waals surface area contributed by atoms with Crippen LogP contribution in [0.4, 0.5) is 5.69 Å². The van der Waals surface area contributed by atoms with Crippen molar-refractivity contribution in [1.29, 1.82) is 0 Å². The third kappa shape index (κ3) is 8.87. The van der Waals surface area contributed by atoms with Gasteiger partial charge in [0.2, 0.25) is 11.8 Å². The molecule has 1 N–H and O–H groups in total. The van der Waals surface area contributed by atoms with Crippen molar-refractivity contribution in [2.75, 3.05) is 17.4 Å². The smallest absolute Gasteiger partial charge is 0.264 e. The van der Waals surface area contributed by atoms with Gasteiger partial charge in [-0.25, -0.2) is 8.42 Å². The van der Waals surface area contributed by atoms with Crippen molar-refractivity contribution in [3.63, 3.8) is 0 Å². The fourth-order valence-corrected chi connectivity index (χ4v) is 6.57. The van der Waals surface area contributed by atoms with E-state index in [0.29, 0.717) is 22.2 Å². The van der Waals surface area contributed by atoms with Crippen molar-refractivity contribution in [3.8, 4) is 0 Å². The molecule has 0 saturated heterocycles. The third-order valence-corrected chi connectivity index (χ3v) is 9.87. The Kier molecular flexibility index (Phi) is 11.7. The Labute approximate surface area is 275 Å². The Bertz CT molecular complexity index is 1720. The maximum atomic E-state index is 14.5. The summed E-state index contributed by atoms with van der Waals surface area (Å²) in [5.74, 6) is -0.743. The molecule has 0 unspecified atom stereocenters. The molecule has 10 heteroatoms. The van der Waals surface area contributed by atoms with Crippen LogP contribution in [0.1, 0.15) is 30.5 Å². The van der Waals surface area contributed by atoms with E-state index in [1.54, 1.807) is 54.6 Å². The van der Waals surface area contributed by atoms with Crippen LogP contribution >= 0.6 is 23.2 Å². The number of nitrogens with one attached hydrogen (secondary N) is 1. The average molecular weight is 667 g/mol. The van der Waals surface area contributed by atoms with E-state index in [2.05, 4.69) is 5.32 Å². The molecule has 4 rings (SSSR count). The van der Waals surface area contributed by atoms with Gasteiger partial charge < -0.3 is 10.2 Å². The molecule has 236 valence electrons. The zero-order valence-electron chi connectivity index (χ0n) is 25.5.